The summed E-state index contributed by atoms with van der Waals surface area (Å²) in [6.07, 6.45) is 8.68. The molecule has 19 heavy (non-hydrogen) atoms. The fraction of sp³-hybridized carbons (Fsp3) is 0.733. The SMILES string of the molecule is Cn1c(C2C3CC4CC(C3)CC2C4)cnc1C(=O)O. The van der Waals surface area contributed by atoms with Crippen molar-refractivity contribution >= 4 is 5.97 Å². The summed E-state index contributed by atoms with van der Waals surface area (Å²) in [5.41, 5.74) is 1.16. The maximum atomic E-state index is 11.1. The van der Waals surface area contributed by atoms with Gasteiger partial charge in [-0.1, -0.05) is 0 Å². The van der Waals surface area contributed by atoms with Crippen LogP contribution in [0.25, 0.3) is 0 Å². The van der Waals surface area contributed by atoms with Crippen LogP contribution >= 0.6 is 0 Å². The number of aromatic nitrogens is 2. The summed E-state index contributed by atoms with van der Waals surface area (Å²) in [5.74, 6) is 3.26. The van der Waals surface area contributed by atoms with E-state index in [0.29, 0.717) is 5.92 Å². The molecule has 0 radical (unpaired) electrons. The molecule has 4 fully saturated rings. The van der Waals surface area contributed by atoms with Gasteiger partial charge in [-0.25, -0.2) is 9.78 Å². The first kappa shape index (κ1) is 11.5. The lowest BCUT2D eigenvalue weighted by Gasteiger charge is -2.54. The summed E-state index contributed by atoms with van der Waals surface area (Å²) in [5, 5.41) is 9.15. The zero-order valence-corrected chi connectivity index (χ0v) is 11.2. The molecule has 0 aliphatic heterocycles. The third-order valence-corrected chi connectivity index (χ3v) is 5.78. The summed E-state index contributed by atoms with van der Waals surface area (Å²) < 4.78 is 1.81. The molecule has 4 nitrogen and oxygen atoms in total. The van der Waals surface area contributed by atoms with Gasteiger partial charge in [-0.05, 0) is 55.8 Å². The van der Waals surface area contributed by atoms with E-state index in [1.54, 1.807) is 0 Å². The van der Waals surface area contributed by atoms with Crippen LogP contribution in [-0.2, 0) is 7.05 Å². The van der Waals surface area contributed by atoms with Crippen molar-refractivity contribution in [3.63, 3.8) is 0 Å². The van der Waals surface area contributed by atoms with Crippen molar-refractivity contribution in [2.75, 3.05) is 0 Å². The lowest BCUT2D eigenvalue weighted by Crippen LogP contribution is -2.44. The zero-order chi connectivity index (χ0) is 13.1. The highest BCUT2D eigenvalue weighted by Crippen LogP contribution is 2.59. The third kappa shape index (κ3) is 1.58. The van der Waals surface area contributed by atoms with E-state index >= 15 is 0 Å². The van der Waals surface area contributed by atoms with Crippen LogP contribution in [0, 0.1) is 23.7 Å². The molecular formula is C15H20N2O2. The molecule has 4 saturated carbocycles. The molecule has 1 aromatic heterocycles. The minimum atomic E-state index is -0.919. The second kappa shape index (κ2) is 3.84. The first-order chi connectivity index (χ1) is 9.13. The number of carbonyl (C=O) groups is 1. The van der Waals surface area contributed by atoms with Crippen LogP contribution in [0.4, 0.5) is 0 Å². The van der Waals surface area contributed by atoms with E-state index in [2.05, 4.69) is 4.98 Å². The largest absolute Gasteiger partial charge is 0.475 e. The topological polar surface area (TPSA) is 55.1 Å². The first-order valence-electron chi connectivity index (χ1n) is 7.38. The smallest absolute Gasteiger partial charge is 0.372 e. The van der Waals surface area contributed by atoms with E-state index in [0.717, 1.165) is 29.4 Å². The van der Waals surface area contributed by atoms with E-state index in [1.165, 1.54) is 32.1 Å². The number of rotatable bonds is 2. The van der Waals surface area contributed by atoms with Gasteiger partial charge in [-0.2, -0.15) is 0 Å². The van der Waals surface area contributed by atoms with Crippen molar-refractivity contribution in [3.05, 3.63) is 17.7 Å². The summed E-state index contributed by atoms with van der Waals surface area (Å²) in [6, 6.07) is 0. The van der Waals surface area contributed by atoms with Crippen LogP contribution in [0.15, 0.2) is 6.20 Å². The average Bonchev–Trinajstić information content (AvgIpc) is 2.70. The van der Waals surface area contributed by atoms with Gasteiger partial charge < -0.3 is 9.67 Å². The van der Waals surface area contributed by atoms with Crippen molar-refractivity contribution < 1.29 is 9.90 Å². The molecule has 4 heteroatoms. The van der Waals surface area contributed by atoms with Crippen LogP contribution < -0.4 is 0 Å². The molecule has 0 unspecified atom stereocenters. The Balaban J connectivity index is 1.71. The Labute approximate surface area is 112 Å². The highest BCUT2D eigenvalue weighted by molar-refractivity contribution is 5.83. The molecule has 0 atom stereocenters. The lowest BCUT2D eigenvalue weighted by molar-refractivity contribution is -0.00513. The molecule has 0 saturated heterocycles. The van der Waals surface area contributed by atoms with Crippen LogP contribution in [0.5, 0.6) is 0 Å². The number of nitrogens with zero attached hydrogens (tertiary/aromatic N) is 2. The monoisotopic (exact) mass is 260 g/mol. The van der Waals surface area contributed by atoms with E-state index in [1.807, 2.05) is 17.8 Å². The van der Waals surface area contributed by atoms with Gasteiger partial charge in [0.05, 0.1) is 0 Å². The van der Waals surface area contributed by atoms with Crippen molar-refractivity contribution in [1.29, 1.82) is 0 Å². The Morgan fingerprint density at radius 1 is 1.21 bits per heavy atom. The van der Waals surface area contributed by atoms with Gasteiger partial charge >= 0.3 is 5.97 Å². The Kier molecular flexibility index (Phi) is 2.32. The fourth-order valence-electron chi connectivity index (χ4n) is 5.34. The summed E-state index contributed by atoms with van der Waals surface area (Å²) in [4.78, 5) is 15.3. The van der Waals surface area contributed by atoms with Gasteiger partial charge in [-0.3, -0.25) is 0 Å². The summed E-state index contributed by atoms with van der Waals surface area (Å²) in [7, 11) is 1.86. The number of hydrogen-bond donors (Lipinski definition) is 1. The fourth-order valence-corrected chi connectivity index (χ4v) is 5.34. The zero-order valence-electron chi connectivity index (χ0n) is 11.2. The normalized spacial score (nSPS) is 39.7. The first-order valence-corrected chi connectivity index (χ1v) is 7.38. The lowest BCUT2D eigenvalue weighted by atomic mass is 9.51. The predicted molar refractivity (Wildman–Crippen MR) is 70.0 cm³/mol. The Bertz CT molecular complexity index is 506. The standard InChI is InChI=1S/C15H20N2O2/c1-17-12(7-16-14(17)15(18)19)13-10-3-8-2-9(5-10)6-11(13)4-8/h7-11,13H,2-6H2,1H3,(H,18,19). The maximum absolute atomic E-state index is 11.1. The minimum Gasteiger partial charge on any atom is -0.475 e. The molecule has 1 N–H and O–H groups in total. The minimum absolute atomic E-state index is 0.184. The molecule has 5 rings (SSSR count). The van der Waals surface area contributed by atoms with Crippen LogP contribution in [0.3, 0.4) is 0 Å². The van der Waals surface area contributed by atoms with Gasteiger partial charge in [-0.15, -0.1) is 0 Å². The second-order valence-corrected chi connectivity index (χ2v) is 6.83. The second-order valence-electron chi connectivity index (χ2n) is 6.83. The number of hydrogen-bond acceptors (Lipinski definition) is 2. The average molecular weight is 260 g/mol. The van der Waals surface area contributed by atoms with Crippen molar-refractivity contribution in [1.82, 2.24) is 9.55 Å². The van der Waals surface area contributed by atoms with Crippen molar-refractivity contribution in [3.8, 4) is 0 Å². The van der Waals surface area contributed by atoms with Crippen LogP contribution in [-0.4, -0.2) is 20.6 Å². The van der Waals surface area contributed by atoms with E-state index in [-0.39, 0.29) is 5.82 Å². The predicted octanol–water partition coefficient (Wildman–Crippen LogP) is 2.66. The maximum Gasteiger partial charge on any atom is 0.372 e. The number of carboxylic acids is 1. The molecule has 4 aliphatic carbocycles. The number of imidazole rings is 1. The van der Waals surface area contributed by atoms with Crippen LogP contribution in [0.2, 0.25) is 0 Å². The van der Waals surface area contributed by atoms with E-state index in [4.69, 9.17) is 5.11 Å². The molecule has 0 spiro atoms. The van der Waals surface area contributed by atoms with Gasteiger partial charge in [0.1, 0.15) is 0 Å². The van der Waals surface area contributed by atoms with E-state index < -0.39 is 5.97 Å². The number of carboxylic acid groups (broad SMARTS) is 1. The highest BCUT2D eigenvalue weighted by Gasteiger charge is 2.49. The molecule has 4 aliphatic rings. The molecule has 1 heterocycles. The molecule has 0 aromatic carbocycles. The van der Waals surface area contributed by atoms with Gasteiger partial charge in [0, 0.05) is 24.9 Å². The molecule has 102 valence electrons. The third-order valence-electron chi connectivity index (χ3n) is 5.78. The van der Waals surface area contributed by atoms with Gasteiger partial charge in [0.25, 0.3) is 0 Å². The summed E-state index contributed by atoms with van der Waals surface area (Å²) >= 11 is 0. The molecule has 1 aromatic rings. The molecule has 0 amide bonds. The highest BCUT2D eigenvalue weighted by atomic mass is 16.4. The Hall–Kier alpha value is -1.32. The van der Waals surface area contributed by atoms with Crippen molar-refractivity contribution in [2.45, 2.75) is 38.0 Å². The Morgan fingerprint density at radius 2 is 1.79 bits per heavy atom. The van der Waals surface area contributed by atoms with Gasteiger partial charge in [0.2, 0.25) is 5.82 Å². The van der Waals surface area contributed by atoms with Crippen LogP contribution in [0.1, 0.15) is 54.3 Å². The quantitative estimate of drug-likeness (QED) is 0.889. The molecule has 4 bridgehead atoms. The van der Waals surface area contributed by atoms with E-state index in [9.17, 15) is 4.79 Å². The molecular weight excluding hydrogens is 240 g/mol. The van der Waals surface area contributed by atoms with Gasteiger partial charge in [0.15, 0.2) is 0 Å². The Morgan fingerprint density at radius 3 is 2.26 bits per heavy atom. The summed E-state index contributed by atoms with van der Waals surface area (Å²) in [6.45, 7) is 0. The number of aromatic carboxylic acids is 1. The van der Waals surface area contributed by atoms with Crippen molar-refractivity contribution in [2.24, 2.45) is 30.7 Å².